The number of methoxy groups -OCH3 is 1. The second-order valence-corrected chi connectivity index (χ2v) is 8.10. The molecule has 0 N–H and O–H groups in total. The van der Waals surface area contributed by atoms with Gasteiger partial charge in [-0.1, -0.05) is 43.0 Å². The zero-order valence-electron chi connectivity index (χ0n) is 17.8. The van der Waals surface area contributed by atoms with E-state index in [1.807, 2.05) is 22.8 Å². The molecule has 1 aliphatic rings. The lowest BCUT2D eigenvalue weighted by molar-refractivity contribution is 0.101. The number of carbonyl (C=O) groups excluding carboxylic acids is 1. The Morgan fingerprint density at radius 3 is 2.71 bits per heavy atom. The van der Waals surface area contributed by atoms with E-state index in [-0.39, 0.29) is 11.5 Å². The molecule has 2 heterocycles. The summed E-state index contributed by atoms with van der Waals surface area (Å²) in [6.45, 7) is 4.98. The molecule has 1 saturated heterocycles. The van der Waals surface area contributed by atoms with E-state index < -0.39 is 0 Å². The molecule has 2 aromatic carbocycles. The van der Waals surface area contributed by atoms with E-state index in [0.717, 1.165) is 31.1 Å². The van der Waals surface area contributed by atoms with E-state index in [0.29, 0.717) is 29.7 Å². The third-order valence-corrected chi connectivity index (χ3v) is 6.16. The number of carbonyl (C=O) groups is 1. The highest BCUT2D eigenvalue weighted by atomic mass is 32.2. The van der Waals surface area contributed by atoms with Crippen LogP contribution in [0, 0.1) is 0 Å². The van der Waals surface area contributed by atoms with Gasteiger partial charge in [-0.15, -0.1) is 10.2 Å². The van der Waals surface area contributed by atoms with Crippen molar-refractivity contribution in [3.05, 3.63) is 59.7 Å². The molecule has 0 bridgehead atoms. The van der Waals surface area contributed by atoms with Gasteiger partial charge in [-0.2, -0.15) is 0 Å². The fourth-order valence-corrected chi connectivity index (χ4v) is 4.38. The van der Waals surface area contributed by atoms with Crippen molar-refractivity contribution >= 4 is 23.5 Å². The molecule has 0 atom stereocenters. The number of ketones is 1. The predicted molar refractivity (Wildman–Crippen MR) is 122 cm³/mol. The third-order valence-electron chi connectivity index (χ3n) is 5.23. The van der Waals surface area contributed by atoms with Gasteiger partial charge in [-0.3, -0.25) is 9.36 Å². The molecule has 1 aromatic heterocycles. The highest BCUT2D eigenvalue weighted by Gasteiger charge is 2.23. The Labute approximate surface area is 186 Å². The number of anilines is 1. The SMILES string of the molecule is CCc1cccc(-n2c(SCC(=O)c3ccccc3OC)nnc2N2CCOCC2)c1. The van der Waals surface area contributed by atoms with Crippen molar-refractivity contribution in [1.29, 1.82) is 0 Å². The Bertz CT molecular complexity index is 1050. The van der Waals surface area contributed by atoms with E-state index in [9.17, 15) is 4.79 Å². The number of hydrogen-bond donors (Lipinski definition) is 0. The lowest BCUT2D eigenvalue weighted by Gasteiger charge is -2.28. The summed E-state index contributed by atoms with van der Waals surface area (Å²) in [6.07, 6.45) is 0.942. The molecule has 0 amide bonds. The summed E-state index contributed by atoms with van der Waals surface area (Å²) < 4.78 is 12.9. The van der Waals surface area contributed by atoms with E-state index in [1.165, 1.54) is 17.3 Å². The molecule has 4 rings (SSSR count). The quantitative estimate of drug-likeness (QED) is 0.393. The van der Waals surface area contributed by atoms with Crippen molar-refractivity contribution in [2.45, 2.75) is 18.5 Å². The summed E-state index contributed by atoms with van der Waals surface area (Å²) in [4.78, 5) is 15.1. The number of rotatable bonds is 8. The molecule has 8 heteroatoms. The minimum atomic E-state index is -0.00719. The number of aromatic nitrogens is 3. The summed E-state index contributed by atoms with van der Waals surface area (Å²) >= 11 is 1.39. The van der Waals surface area contributed by atoms with Gasteiger partial charge < -0.3 is 14.4 Å². The fraction of sp³-hybridized carbons (Fsp3) is 0.348. The summed E-state index contributed by atoms with van der Waals surface area (Å²) in [7, 11) is 1.57. The summed E-state index contributed by atoms with van der Waals surface area (Å²) in [6, 6.07) is 15.7. The molecule has 0 saturated carbocycles. The molecule has 31 heavy (non-hydrogen) atoms. The van der Waals surface area contributed by atoms with Gasteiger partial charge in [0, 0.05) is 13.1 Å². The number of hydrogen-bond acceptors (Lipinski definition) is 7. The molecule has 162 valence electrons. The number of ether oxygens (including phenoxy) is 2. The van der Waals surface area contributed by atoms with Crippen molar-refractivity contribution in [2.24, 2.45) is 0 Å². The molecule has 1 aliphatic heterocycles. The number of morpholine rings is 1. The second-order valence-electron chi connectivity index (χ2n) is 7.15. The number of thioether (sulfide) groups is 1. The molecule has 3 aromatic rings. The smallest absolute Gasteiger partial charge is 0.232 e. The number of benzene rings is 2. The molecular weight excluding hydrogens is 412 g/mol. The van der Waals surface area contributed by atoms with Crippen LogP contribution in [0.5, 0.6) is 5.75 Å². The van der Waals surface area contributed by atoms with Crippen LogP contribution in [0.2, 0.25) is 0 Å². The van der Waals surface area contributed by atoms with E-state index in [2.05, 4.69) is 40.2 Å². The fourth-order valence-electron chi connectivity index (χ4n) is 3.55. The van der Waals surface area contributed by atoms with Gasteiger partial charge in [0.05, 0.1) is 37.3 Å². The van der Waals surface area contributed by atoms with Crippen molar-refractivity contribution < 1.29 is 14.3 Å². The van der Waals surface area contributed by atoms with Gasteiger partial charge in [-0.05, 0) is 36.2 Å². The molecule has 0 spiro atoms. The zero-order valence-corrected chi connectivity index (χ0v) is 18.6. The van der Waals surface area contributed by atoms with Gasteiger partial charge in [0.15, 0.2) is 10.9 Å². The predicted octanol–water partition coefficient (Wildman–Crippen LogP) is 3.65. The third kappa shape index (κ3) is 4.75. The first-order chi connectivity index (χ1) is 15.2. The second kappa shape index (κ2) is 9.98. The Hall–Kier alpha value is -2.84. The normalized spacial score (nSPS) is 13.9. The maximum absolute atomic E-state index is 12.9. The van der Waals surface area contributed by atoms with Gasteiger partial charge >= 0.3 is 0 Å². The van der Waals surface area contributed by atoms with Gasteiger partial charge in [0.1, 0.15) is 5.75 Å². The topological polar surface area (TPSA) is 69.5 Å². The summed E-state index contributed by atoms with van der Waals surface area (Å²) in [5.41, 5.74) is 2.81. The highest BCUT2D eigenvalue weighted by molar-refractivity contribution is 7.99. The van der Waals surface area contributed by atoms with E-state index >= 15 is 0 Å². The van der Waals surface area contributed by atoms with Crippen molar-refractivity contribution in [1.82, 2.24) is 14.8 Å². The average Bonchev–Trinajstić information content (AvgIpc) is 3.27. The minimum Gasteiger partial charge on any atom is -0.496 e. The first kappa shape index (κ1) is 21.4. The monoisotopic (exact) mass is 438 g/mol. The van der Waals surface area contributed by atoms with E-state index in [4.69, 9.17) is 9.47 Å². The maximum Gasteiger partial charge on any atom is 0.232 e. The lowest BCUT2D eigenvalue weighted by atomic mass is 10.1. The molecule has 7 nitrogen and oxygen atoms in total. The van der Waals surface area contributed by atoms with Crippen molar-refractivity contribution in [2.75, 3.05) is 44.1 Å². The zero-order chi connectivity index (χ0) is 21.6. The highest BCUT2D eigenvalue weighted by Crippen LogP contribution is 2.29. The molecule has 0 radical (unpaired) electrons. The molecule has 0 unspecified atom stereocenters. The maximum atomic E-state index is 12.9. The molecule has 0 aliphatic carbocycles. The van der Waals surface area contributed by atoms with Crippen molar-refractivity contribution in [3.8, 4) is 11.4 Å². The van der Waals surface area contributed by atoms with Crippen LogP contribution in [0.15, 0.2) is 53.7 Å². The standard InChI is InChI=1S/C23H26N4O3S/c1-3-17-7-6-8-18(15-17)27-22(26-11-13-30-14-12-26)24-25-23(27)31-16-20(28)19-9-4-5-10-21(19)29-2/h4-10,15H,3,11-14,16H2,1-2H3. The number of aryl methyl sites for hydroxylation is 1. The van der Waals surface area contributed by atoms with Gasteiger partial charge in [0.2, 0.25) is 5.95 Å². The minimum absolute atomic E-state index is 0.00719. The van der Waals surface area contributed by atoms with Crippen LogP contribution in [0.1, 0.15) is 22.8 Å². The lowest BCUT2D eigenvalue weighted by Crippen LogP contribution is -2.37. The Balaban J connectivity index is 1.64. The summed E-state index contributed by atoms with van der Waals surface area (Å²) in [5.74, 6) is 1.60. The molecular formula is C23H26N4O3S. The van der Waals surface area contributed by atoms with Gasteiger partial charge in [0.25, 0.3) is 0 Å². The van der Waals surface area contributed by atoms with Gasteiger partial charge in [-0.25, -0.2) is 0 Å². The first-order valence-electron chi connectivity index (χ1n) is 10.4. The Morgan fingerprint density at radius 1 is 1.13 bits per heavy atom. The first-order valence-corrected chi connectivity index (χ1v) is 11.4. The van der Waals surface area contributed by atoms with E-state index in [1.54, 1.807) is 19.2 Å². The Kier molecular flexibility index (Phi) is 6.89. The largest absolute Gasteiger partial charge is 0.496 e. The van der Waals surface area contributed by atoms with Crippen LogP contribution < -0.4 is 9.64 Å². The molecule has 1 fully saturated rings. The van der Waals surface area contributed by atoms with Crippen molar-refractivity contribution in [3.63, 3.8) is 0 Å². The average molecular weight is 439 g/mol. The van der Waals surface area contributed by atoms with Crippen LogP contribution in [0.25, 0.3) is 5.69 Å². The number of Topliss-reactive ketones (excluding diaryl/α,β-unsaturated/α-hetero) is 1. The van der Waals surface area contributed by atoms with Crippen LogP contribution >= 0.6 is 11.8 Å². The van der Waals surface area contributed by atoms with Crippen LogP contribution in [0.4, 0.5) is 5.95 Å². The Morgan fingerprint density at radius 2 is 1.94 bits per heavy atom. The van der Waals surface area contributed by atoms with Crippen LogP contribution in [-0.2, 0) is 11.2 Å². The number of para-hydroxylation sites is 1. The summed E-state index contributed by atoms with van der Waals surface area (Å²) in [5, 5.41) is 9.62. The number of nitrogens with zero attached hydrogens (tertiary/aromatic N) is 4. The van der Waals surface area contributed by atoms with Crippen LogP contribution in [0.3, 0.4) is 0 Å². The van der Waals surface area contributed by atoms with Crippen LogP contribution in [-0.4, -0.2) is 59.7 Å².